The number of nitrogens with one attached hydrogen (secondary N) is 1. The summed E-state index contributed by atoms with van der Waals surface area (Å²) in [6.07, 6.45) is 1.04. The number of hydrogen-bond donors (Lipinski definition) is 3. The Morgan fingerprint density at radius 2 is 2.33 bits per heavy atom. The lowest BCUT2D eigenvalue weighted by Crippen LogP contribution is -2.29. The standard InChI is InChI=1S/C5H9NO3/c1-4(2-3-7)6-5(8)9/h2-4,6-7H,1H3,(H,8,9). The Kier molecular flexibility index (Phi) is 3.27. The van der Waals surface area contributed by atoms with Crippen molar-refractivity contribution in [1.29, 1.82) is 0 Å². The maximum absolute atomic E-state index is 9.86. The summed E-state index contributed by atoms with van der Waals surface area (Å²) in [7, 11) is 0. The lowest BCUT2D eigenvalue weighted by atomic mass is 10.3. The first kappa shape index (κ1) is 7.81. The van der Waals surface area contributed by atoms with E-state index in [-0.39, 0.29) is 6.04 Å². The highest BCUT2D eigenvalue weighted by atomic mass is 16.4. The van der Waals surface area contributed by atoms with Gasteiger partial charge in [0.15, 0.2) is 0 Å². The van der Waals surface area contributed by atoms with Gasteiger partial charge in [-0.2, -0.15) is 0 Å². The highest BCUT2D eigenvalue weighted by Gasteiger charge is 1.98. The highest BCUT2D eigenvalue weighted by molar-refractivity contribution is 5.65. The quantitative estimate of drug-likeness (QED) is 0.483. The third-order valence-electron chi connectivity index (χ3n) is 0.726. The number of hydrogen-bond acceptors (Lipinski definition) is 2. The smallest absolute Gasteiger partial charge is 0.405 e. The van der Waals surface area contributed by atoms with E-state index in [0.29, 0.717) is 0 Å². The molecule has 1 atom stereocenters. The lowest BCUT2D eigenvalue weighted by molar-refractivity contribution is 0.192. The first-order valence-corrected chi connectivity index (χ1v) is 2.47. The molecule has 0 saturated heterocycles. The third kappa shape index (κ3) is 4.67. The predicted octanol–water partition coefficient (Wildman–Crippen LogP) is 0.714. The summed E-state index contributed by atoms with van der Waals surface area (Å²) < 4.78 is 0. The van der Waals surface area contributed by atoms with Crippen molar-refractivity contribution in [2.45, 2.75) is 13.0 Å². The van der Waals surface area contributed by atoms with Crippen LogP contribution in [0.25, 0.3) is 0 Å². The van der Waals surface area contributed by atoms with Gasteiger partial charge in [0.2, 0.25) is 0 Å². The minimum Gasteiger partial charge on any atom is -0.516 e. The van der Waals surface area contributed by atoms with Crippen molar-refractivity contribution in [3.05, 3.63) is 12.3 Å². The Morgan fingerprint density at radius 1 is 1.78 bits per heavy atom. The zero-order valence-corrected chi connectivity index (χ0v) is 5.03. The largest absolute Gasteiger partial charge is 0.516 e. The molecule has 0 spiro atoms. The summed E-state index contributed by atoms with van der Waals surface area (Å²) in [4.78, 5) is 9.86. The van der Waals surface area contributed by atoms with Crippen LogP contribution in [0, 0.1) is 0 Å². The number of carbonyl (C=O) groups is 1. The van der Waals surface area contributed by atoms with Gasteiger partial charge in [-0.05, 0) is 13.0 Å². The van der Waals surface area contributed by atoms with Crippen LogP contribution >= 0.6 is 0 Å². The number of aliphatic hydroxyl groups excluding tert-OH is 1. The summed E-state index contributed by atoms with van der Waals surface area (Å²) in [5.41, 5.74) is 0. The van der Waals surface area contributed by atoms with Crippen LogP contribution in [0.15, 0.2) is 12.3 Å². The van der Waals surface area contributed by atoms with E-state index in [1.54, 1.807) is 6.92 Å². The van der Waals surface area contributed by atoms with E-state index in [2.05, 4.69) is 5.32 Å². The molecule has 0 saturated carbocycles. The van der Waals surface area contributed by atoms with Gasteiger partial charge in [-0.3, -0.25) is 0 Å². The maximum atomic E-state index is 9.86. The van der Waals surface area contributed by atoms with E-state index < -0.39 is 6.09 Å². The van der Waals surface area contributed by atoms with Crippen molar-refractivity contribution in [3.8, 4) is 0 Å². The Morgan fingerprint density at radius 3 is 2.67 bits per heavy atom. The second-order valence-corrected chi connectivity index (χ2v) is 1.58. The number of aliphatic hydroxyl groups is 1. The van der Waals surface area contributed by atoms with Gasteiger partial charge in [0.05, 0.1) is 12.3 Å². The maximum Gasteiger partial charge on any atom is 0.405 e. The van der Waals surface area contributed by atoms with Gasteiger partial charge in [-0.1, -0.05) is 0 Å². The van der Waals surface area contributed by atoms with Gasteiger partial charge >= 0.3 is 6.09 Å². The van der Waals surface area contributed by atoms with Gasteiger partial charge in [0, 0.05) is 0 Å². The molecule has 1 unspecified atom stereocenters. The van der Waals surface area contributed by atoms with Crippen LogP contribution in [0.2, 0.25) is 0 Å². The molecule has 0 aromatic heterocycles. The topological polar surface area (TPSA) is 69.6 Å². The van der Waals surface area contributed by atoms with Gasteiger partial charge < -0.3 is 15.5 Å². The number of carboxylic acid groups (broad SMARTS) is 1. The second kappa shape index (κ2) is 3.77. The Hall–Kier alpha value is -1.19. The van der Waals surface area contributed by atoms with Crippen LogP contribution in [0.5, 0.6) is 0 Å². The zero-order valence-electron chi connectivity index (χ0n) is 5.03. The molecular weight excluding hydrogens is 122 g/mol. The van der Waals surface area contributed by atoms with Crippen molar-refractivity contribution >= 4 is 6.09 Å². The molecule has 0 aromatic rings. The molecule has 0 bridgehead atoms. The minimum atomic E-state index is -1.10. The molecule has 0 heterocycles. The zero-order chi connectivity index (χ0) is 7.28. The molecule has 4 heteroatoms. The van der Waals surface area contributed by atoms with E-state index in [0.717, 1.165) is 6.26 Å². The summed E-state index contributed by atoms with van der Waals surface area (Å²) >= 11 is 0. The van der Waals surface area contributed by atoms with Crippen molar-refractivity contribution in [1.82, 2.24) is 5.32 Å². The Labute approximate surface area is 52.8 Å². The van der Waals surface area contributed by atoms with Crippen LogP contribution in [0.4, 0.5) is 4.79 Å². The minimum absolute atomic E-state index is 0.340. The fourth-order valence-electron chi connectivity index (χ4n) is 0.372. The van der Waals surface area contributed by atoms with Crippen LogP contribution in [0.1, 0.15) is 6.92 Å². The predicted molar refractivity (Wildman–Crippen MR) is 32.4 cm³/mol. The van der Waals surface area contributed by atoms with Crippen LogP contribution in [-0.4, -0.2) is 22.3 Å². The molecule has 3 N–H and O–H groups in total. The van der Waals surface area contributed by atoms with Crippen molar-refractivity contribution in [2.24, 2.45) is 0 Å². The van der Waals surface area contributed by atoms with Gasteiger partial charge in [0.1, 0.15) is 0 Å². The van der Waals surface area contributed by atoms with E-state index in [9.17, 15) is 4.79 Å². The second-order valence-electron chi connectivity index (χ2n) is 1.58. The van der Waals surface area contributed by atoms with E-state index in [1.165, 1.54) is 6.08 Å². The summed E-state index contributed by atoms with van der Waals surface area (Å²) in [5, 5.41) is 18.3. The van der Waals surface area contributed by atoms with Crippen molar-refractivity contribution in [3.63, 3.8) is 0 Å². The Balaban J connectivity index is 3.50. The monoisotopic (exact) mass is 131 g/mol. The van der Waals surface area contributed by atoms with Crippen LogP contribution < -0.4 is 5.32 Å². The molecule has 4 nitrogen and oxygen atoms in total. The number of rotatable bonds is 2. The third-order valence-corrected chi connectivity index (χ3v) is 0.726. The summed E-state index contributed by atoms with van der Waals surface area (Å²) in [6, 6.07) is -0.340. The first-order chi connectivity index (χ1) is 4.16. The molecule has 52 valence electrons. The molecule has 0 aliphatic heterocycles. The van der Waals surface area contributed by atoms with Crippen molar-refractivity contribution < 1.29 is 15.0 Å². The van der Waals surface area contributed by atoms with E-state index >= 15 is 0 Å². The SMILES string of the molecule is CC(C=CO)NC(=O)O. The summed E-state index contributed by atoms with van der Waals surface area (Å²) in [6.45, 7) is 1.61. The summed E-state index contributed by atoms with van der Waals surface area (Å²) in [5.74, 6) is 0. The molecule has 1 amide bonds. The molecule has 0 aromatic carbocycles. The highest BCUT2D eigenvalue weighted by Crippen LogP contribution is 1.81. The fourth-order valence-corrected chi connectivity index (χ4v) is 0.372. The van der Waals surface area contributed by atoms with Gasteiger partial charge in [-0.25, -0.2) is 4.79 Å². The molecule has 0 radical (unpaired) electrons. The van der Waals surface area contributed by atoms with Gasteiger partial charge in [-0.15, -0.1) is 0 Å². The molecule has 0 rings (SSSR count). The van der Waals surface area contributed by atoms with E-state index in [4.69, 9.17) is 10.2 Å². The Bertz CT molecular complexity index is 121. The molecular formula is C5H9NO3. The average Bonchev–Trinajstić information content (AvgIpc) is 1.63. The van der Waals surface area contributed by atoms with Crippen LogP contribution in [-0.2, 0) is 0 Å². The normalized spacial score (nSPS) is 13.4. The average molecular weight is 131 g/mol. The molecule has 0 aliphatic carbocycles. The van der Waals surface area contributed by atoms with E-state index in [1.807, 2.05) is 0 Å². The van der Waals surface area contributed by atoms with Gasteiger partial charge in [0.25, 0.3) is 0 Å². The fraction of sp³-hybridized carbons (Fsp3) is 0.400. The first-order valence-electron chi connectivity index (χ1n) is 2.47. The molecule has 9 heavy (non-hydrogen) atoms. The van der Waals surface area contributed by atoms with Crippen LogP contribution in [0.3, 0.4) is 0 Å². The molecule has 0 fully saturated rings. The molecule has 0 aliphatic rings. The number of amides is 1. The van der Waals surface area contributed by atoms with Crippen molar-refractivity contribution in [2.75, 3.05) is 0 Å². The lowest BCUT2D eigenvalue weighted by Gasteiger charge is -2.02.